The Morgan fingerprint density at radius 3 is 2.82 bits per heavy atom. The van der Waals surface area contributed by atoms with Crippen LogP contribution in [0.15, 0.2) is 29.6 Å². The van der Waals surface area contributed by atoms with Crippen molar-refractivity contribution in [3.05, 3.63) is 51.5 Å². The van der Waals surface area contributed by atoms with E-state index in [9.17, 15) is 9.59 Å². The van der Waals surface area contributed by atoms with Crippen molar-refractivity contribution < 1.29 is 9.59 Å². The number of thiazole rings is 1. The van der Waals surface area contributed by atoms with Gasteiger partial charge < -0.3 is 15.5 Å². The number of nitrogens with zero attached hydrogens (tertiary/aromatic N) is 2. The predicted molar refractivity (Wildman–Crippen MR) is 111 cm³/mol. The quantitative estimate of drug-likeness (QED) is 0.699. The summed E-state index contributed by atoms with van der Waals surface area (Å²) in [6, 6.07) is 7.93. The molecule has 2 aromatic rings. The Labute approximate surface area is 170 Å². The van der Waals surface area contributed by atoms with Crippen LogP contribution >= 0.6 is 11.3 Å². The molecule has 3 amide bonds. The number of fused-ring (bicyclic) bond motifs is 1. The molecule has 6 nitrogen and oxygen atoms in total. The van der Waals surface area contributed by atoms with Gasteiger partial charge in [0.2, 0.25) is 5.91 Å². The van der Waals surface area contributed by atoms with E-state index in [1.54, 1.807) is 11.3 Å². The van der Waals surface area contributed by atoms with Crippen molar-refractivity contribution in [3.63, 3.8) is 0 Å². The molecule has 1 atom stereocenters. The van der Waals surface area contributed by atoms with Gasteiger partial charge in [0, 0.05) is 31.4 Å². The Morgan fingerprint density at radius 2 is 2.07 bits per heavy atom. The Hall–Kier alpha value is -2.41. The van der Waals surface area contributed by atoms with E-state index in [0.29, 0.717) is 25.9 Å². The molecule has 3 rings (SSSR count). The van der Waals surface area contributed by atoms with Crippen molar-refractivity contribution in [2.75, 3.05) is 13.1 Å². The van der Waals surface area contributed by atoms with Crippen LogP contribution < -0.4 is 10.6 Å². The molecule has 1 aliphatic rings. The number of aryl methyl sites for hydroxylation is 1. The molecule has 2 heterocycles. The molecule has 0 aliphatic carbocycles. The lowest BCUT2D eigenvalue weighted by Crippen LogP contribution is -2.39. The Balaban J connectivity index is 1.35. The number of carbonyl (C=O) groups excluding carboxylic acids is 2. The molecule has 0 saturated heterocycles. The highest BCUT2D eigenvalue weighted by Crippen LogP contribution is 2.19. The van der Waals surface area contributed by atoms with Crippen molar-refractivity contribution in [2.24, 2.45) is 0 Å². The van der Waals surface area contributed by atoms with Crippen LogP contribution in [0.25, 0.3) is 0 Å². The Bertz CT molecular complexity index is 820. The highest BCUT2D eigenvalue weighted by Gasteiger charge is 2.20. The van der Waals surface area contributed by atoms with Gasteiger partial charge >= 0.3 is 6.03 Å². The lowest BCUT2D eigenvalue weighted by atomic mass is 9.99. The second-order valence-corrected chi connectivity index (χ2v) is 8.02. The lowest BCUT2D eigenvalue weighted by molar-refractivity contribution is -0.132. The number of aromatic nitrogens is 1. The van der Waals surface area contributed by atoms with E-state index >= 15 is 0 Å². The summed E-state index contributed by atoms with van der Waals surface area (Å²) in [5.41, 5.74) is 3.46. The van der Waals surface area contributed by atoms with Crippen molar-refractivity contribution in [1.82, 2.24) is 20.5 Å². The first-order valence-electron chi connectivity index (χ1n) is 9.90. The molecule has 7 heteroatoms. The number of amides is 3. The topological polar surface area (TPSA) is 74.3 Å². The van der Waals surface area contributed by atoms with Crippen molar-refractivity contribution in [1.29, 1.82) is 0 Å². The van der Waals surface area contributed by atoms with Gasteiger partial charge in [0.15, 0.2) is 0 Å². The van der Waals surface area contributed by atoms with Crippen LogP contribution in [0, 0.1) is 0 Å². The van der Waals surface area contributed by atoms with Crippen LogP contribution in [0.1, 0.15) is 54.6 Å². The van der Waals surface area contributed by atoms with Crippen LogP contribution in [0.5, 0.6) is 0 Å². The largest absolute Gasteiger partial charge is 0.338 e. The number of hydrogen-bond donors (Lipinski definition) is 2. The summed E-state index contributed by atoms with van der Waals surface area (Å²) in [5, 5.41) is 8.79. The van der Waals surface area contributed by atoms with Crippen molar-refractivity contribution in [2.45, 2.75) is 52.1 Å². The van der Waals surface area contributed by atoms with Crippen LogP contribution in [-0.4, -0.2) is 34.9 Å². The zero-order valence-corrected chi connectivity index (χ0v) is 17.3. The summed E-state index contributed by atoms with van der Waals surface area (Å²) < 4.78 is 0. The van der Waals surface area contributed by atoms with Gasteiger partial charge in [-0.25, -0.2) is 9.78 Å². The fourth-order valence-electron chi connectivity index (χ4n) is 3.32. The number of carbonyl (C=O) groups is 2. The van der Waals surface area contributed by atoms with E-state index in [4.69, 9.17) is 0 Å². The van der Waals surface area contributed by atoms with Gasteiger partial charge in [0.05, 0.1) is 16.7 Å². The van der Waals surface area contributed by atoms with Gasteiger partial charge in [-0.2, -0.15) is 0 Å². The molecule has 0 saturated carbocycles. The van der Waals surface area contributed by atoms with E-state index < -0.39 is 0 Å². The molecule has 1 aromatic heterocycles. The maximum absolute atomic E-state index is 12.4. The summed E-state index contributed by atoms with van der Waals surface area (Å²) in [4.78, 5) is 30.9. The molecule has 0 fully saturated rings. The fraction of sp³-hybridized carbons (Fsp3) is 0.476. The summed E-state index contributed by atoms with van der Waals surface area (Å²) in [7, 11) is 0. The summed E-state index contributed by atoms with van der Waals surface area (Å²) in [5.74, 6) is 0.152. The maximum atomic E-state index is 12.4. The smallest absolute Gasteiger partial charge is 0.315 e. The average Bonchev–Trinajstić information content (AvgIpc) is 3.20. The van der Waals surface area contributed by atoms with E-state index in [1.165, 1.54) is 11.1 Å². The lowest BCUT2D eigenvalue weighted by Gasteiger charge is -2.29. The monoisotopic (exact) mass is 400 g/mol. The Kier molecular flexibility index (Phi) is 7.03. The molecule has 1 aromatic carbocycles. The molecule has 0 bridgehead atoms. The number of rotatable bonds is 7. The molecule has 28 heavy (non-hydrogen) atoms. The molecule has 0 radical (unpaired) electrons. The van der Waals surface area contributed by atoms with E-state index in [2.05, 4.69) is 34.7 Å². The molecule has 0 spiro atoms. The van der Waals surface area contributed by atoms with E-state index in [0.717, 1.165) is 30.1 Å². The van der Waals surface area contributed by atoms with Crippen molar-refractivity contribution in [3.8, 4) is 0 Å². The average molecular weight is 401 g/mol. The molecule has 150 valence electrons. The minimum absolute atomic E-state index is 0.133. The molecular weight excluding hydrogens is 372 g/mol. The number of benzene rings is 1. The minimum atomic E-state index is -0.224. The molecule has 1 unspecified atom stereocenters. The third-order valence-electron chi connectivity index (χ3n) is 5.00. The van der Waals surface area contributed by atoms with Gasteiger partial charge in [-0.05, 0) is 37.3 Å². The first kappa shape index (κ1) is 20.3. The zero-order chi connectivity index (χ0) is 19.9. The van der Waals surface area contributed by atoms with E-state index in [-0.39, 0.29) is 18.0 Å². The number of hydrogen-bond acceptors (Lipinski definition) is 4. The standard InChI is InChI=1S/C21H28N4O2S/c1-3-19-24-18(14-28-19)15(2)23-21(27)22-11-6-9-20(26)25-12-10-16-7-4-5-8-17(16)13-25/h4-5,7-8,14-15H,3,6,9-13H2,1-2H3,(H2,22,23,27). The van der Waals surface area contributed by atoms with Gasteiger partial charge in [-0.1, -0.05) is 31.2 Å². The highest BCUT2D eigenvalue weighted by molar-refractivity contribution is 7.09. The molecule has 2 N–H and O–H groups in total. The van der Waals surface area contributed by atoms with Gasteiger partial charge in [-0.3, -0.25) is 4.79 Å². The SMILES string of the molecule is CCc1nc(C(C)NC(=O)NCCCC(=O)N2CCc3ccccc3C2)cs1. The maximum Gasteiger partial charge on any atom is 0.315 e. The normalized spacial score (nSPS) is 14.3. The van der Waals surface area contributed by atoms with Crippen LogP contribution in [0.4, 0.5) is 4.79 Å². The van der Waals surface area contributed by atoms with Crippen LogP contribution in [0.2, 0.25) is 0 Å². The van der Waals surface area contributed by atoms with Crippen molar-refractivity contribution >= 4 is 23.3 Å². The zero-order valence-electron chi connectivity index (χ0n) is 16.5. The summed E-state index contributed by atoms with van der Waals surface area (Å²) >= 11 is 1.61. The molecular formula is C21H28N4O2S. The predicted octanol–water partition coefficient (Wildman–Crippen LogP) is 3.43. The fourth-order valence-corrected chi connectivity index (χ4v) is 4.15. The van der Waals surface area contributed by atoms with Gasteiger partial charge in [0.25, 0.3) is 0 Å². The second kappa shape index (κ2) is 9.68. The van der Waals surface area contributed by atoms with Gasteiger partial charge in [0.1, 0.15) is 0 Å². The summed E-state index contributed by atoms with van der Waals surface area (Å²) in [6.45, 7) is 5.93. The number of urea groups is 1. The first-order chi connectivity index (χ1) is 13.6. The third-order valence-corrected chi connectivity index (χ3v) is 6.01. The second-order valence-electron chi connectivity index (χ2n) is 7.08. The van der Waals surface area contributed by atoms with Crippen LogP contribution in [-0.2, 0) is 24.2 Å². The summed E-state index contributed by atoms with van der Waals surface area (Å²) in [6.07, 6.45) is 2.90. The third kappa shape index (κ3) is 5.32. The van der Waals surface area contributed by atoms with Gasteiger partial charge in [-0.15, -0.1) is 11.3 Å². The first-order valence-corrected chi connectivity index (χ1v) is 10.8. The van der Waals surface area contributed by atoms with E-state index in [1.807, 2.05) is 29.3 Å². The Morgan fingerprint density at radius 1 is 1.29 bits per heavy atom. The minimum Gasteiger partial charge on any atom is -0.338 e. The van der Waals surface area contributed by atoms with Crippen LogP contribution in [0.3, 0.4) is 0 Å². The number of nitrogens with one attached hydrogen (secondary N) is 2. The highest BCUT2D eigenvalue weighted by atomic mass is 32.1. The molecule has 1 aliphatic heterocycles.